The summed E-state index contributed by atoms with van der Waals surface area (Å²) in [5.74, 6) is -0.351. The van der Waals surface area contributed by atoms with Gasteiger partial charge in [0.05, 0.1) is 6.04 Å². The Morgan fingerprint density at radius 2 is 1.96 bits per heavy atom. The number of hydrogen-bond acceptors (Lipinski definition) is 4. The van der Waals surface area contributed by atoms with Gasteiger partial charge in [0.2, 0.25) is 5.91 Å². The first-order valence-corrected chi connectivity index (χ1v) is 9.20. The van der Waals surface area contributed by atoms with Crippen molar-refractivity contribution in [1.29, 1.82) is 0 Å². The van der Waals surface area contributed by atoms with Crippen LogP contribution < -0.4 is 10.6 Å². The maximum atomic E-state index is 12.5. The van der Waals surface area contributed by atoms with Gasteiger partial charge in [-0.05, 0) is 44.5 Å². The van der Waals surface area contributed by atoms with E-state index in [-0.39, 0.29) is 18.4 Å². The zero-order valence-electron chi connectivity index (χ0n) is 14.6. The van der Waals surface area contributed by atoms with E-state index in [0.29, 0.717) is 6.54 Å². The van der Waals surface area contributed by atoms with Crippen LogP contribution in [0.1, 0.15) is 37.3 Å². The maximum absolute atomic E-state index is 12.5. The summed E-state index contributed by atoms with van der Waals surface area (Å²) in [6, 6.07) is 9.05. The average Bonchev–Trinajstić information content (AvgIpc) is 2.66. The lowest BCUT2D eigenvalue weighted by molar-refractivity contribution is -0.148. The van der Waals surface area contributed by atoms with E-state index in [1.54, 1.807) is 0 Å². The summed E-state index contributed by atoms with van der Waals surface area (Å²) in [6.07, 6.45) is 4.14. The number of nitrogens with one attached hydrogen (secondary N) is 2. The Hall–Kier alpha value is -1.92. The van der Waals surface area contributed by atoms with Gasteiger partial charge in [-0.3, -0.25) is 9.59 Å². The Morgan fingerprint density at radius 3 is 2.72 bits per heavy atom. The Bertz CT molecular complexity index is 573. The standard InChI is InChI=1S/C19H27N3O3/c23-16-14-25-18(17(21-16)15-8-3-1-4-9-15)19(24)20-10-7-13-22-11-5-2-6-12-22/h1,3-4,8-9,17-18H,2,5-7,10-14H2,(H,20,24)(H,21,23)/t17-,18+/m1/s1. The first-order chi connectivity index (χ1) is 12.2. The molecule has 0 aromatic heterocycles. The van der Waals surface area contributed by atoms with E-state index in [1.165, 1.54) is 32.4 Å². The van der Waals surface area contributed by atoms with Gasteiger partial charge in [-0.25, -0.2) is 0 Å². The molecule has 2 amide bonds. The van der Waals surface area contributed by atoms with Gasteiger partial charge in [-0.1, -0.05) is 36.8 Å². The third-order valence-corrected chi connectivity index (χ3v) is 4.83. The topological polar surface area (TPSA) is 70.7 Å². The molecule has 0 spiro atoms. The van der Waals surface area contributed by atoms with Crippen LogP contribution >= 0.6 is 0 Å². The molecule has 3 rings (SSSR count). The number of piperidine rings is 1. The van der Waals surface area contributed by atoms with Gasteiger partial charge in [0.25, 0.3) is 5.91 Å². The highest BCUT2D eigenvalue weighted by Gasteiger charge is 2.35. The number of amides is 2. The molecule has 0 aliphatic carbocycles. The highest BCUT2D eigenvalue weighted by atomic mass is 16.5. The molecule has 25 heavy (non-hydrogen) atoms. The summed E-state index contributed by atoms with van der Waals surface area (Å²) in [4.78, 5) is 26.7. The SMILES string of the molecule is O=C1CO[C@H](C(=O)NCCCN2CCCCC2)[C@@H](c2ccccc2)N1. The summed E-state index contributed by atoms with van der Waals surface area (Å²) in [7, 11) is 0. The Morgan fingerprint density at radius 1 is 1.20 bits per heavy atom. The van der Waals surface area contributed by atoms with Crippen molar-refractivity contribution in [2.45, 2.75) is 37.8 Å². The second-order valence-electron chi connectivity index (χ2n) is 6.73. The van der Waals surface area contributed by atoms with E-state index in [0.717, 1.165) is 18.5 Å². The van der Waals surface area contributed by atoms with Crippen molar-refractivity contribution in [3.05, 3.63) is 35.9 Å². The molecule has 2 heterocycles. The molecule has 136 valence electrons. The number of morpholine rings is 1. The van der Waals surface area contributed by atoms with Crippen molar-refractivity contribution in [3.63, 3.8) is 0 Å². The van der Waals surface area contributed by atoms with Gasteiger partial charge in [0.15, 0.2) is 6.10 Å². The number of rotatable bonds is 6. The third kappa shape index (κ3) is 5.03. The van der Waals surface area contributed by atoms with Crippen molar-refractivity contribution < 1.29 is 14.3 Å². The van der Waals surface area contributed by atoms with Crippen LogP contribution in [0.15, 0.2) is 30.3 Å². The minimum atomic E-state index is -0.685. The van der Waals surface area contributed by atoms with Crippen LogP contribution in [-0.2, 0) is 14.3 Å². The van der Waals surface area contributed by atoms with Crippen LogP contribution in [0, 0.1) is 0 Å². The van der Waals surface area contributed by atoms with Crippen LogP contribution in [0.5, 0.6) is 0 Å². The van der Waals surface area contributed by atoms with E-state index < -0.39 is 12.1 Å². The third-order valence-electron chi connectivity index (χ3n) is 4.83. The number of benzene rings is 1. The summed E-state index contributed by atoms with van der Waals surface area (Å²) in [5, 5.41) is 5.84. The minimum absolute atomic E-state index is 0.0742. The van der Waals surface area contributed by atoms with E-state index in [4.69, 9.17) is 4.74 Å². The number of carbonyl (C=O) groups excluding carboxylic acids is 2. The molecule has 1 aromatic carbocycles. The van der Waals surface area contributed by atoms with E-state index >= 15 is 0 Å². The molecule has 0 radical (unpaired) electrons. The van der Waals surface area contributed by atoms with E-state index in [9.17, 15) is 9.59 Å². The van der Waals surface area contributed by atoms with Crippen LogP contribution in [0.25, 0.3) is 0 Å². The van der Waals surface area contributed by atoms with Gasteiger partial charge in [0, 0.05) is 6.54 Å². The molecule has 0 bridgehead atoms. The monoisotopic (exact) mass is 345 g/mol. The lowest BCUT2D eigenvalue weighted by Gasteiger charge is -2.32. The molecule has 6 nitrogen and oxygen atoms in total. The zero-order valence-corrected chi connectivity index (χ0v) is 14.6. The number of hydrogen-bond donors (Lipinski definition) is 2. The van der Waals surface area contributed by atoms with Gasteiger partial charge >= 0.3 is 0 Å². The molecule has 2 fully saturated rings. The minimum Gasteiger partial charge on any atom is -0.356 e. The van der Waals surface area contributed by atoms with Gasteiger partial charge in [-0.2, -0.15) is 0 Å². The lowest BCUT2D eigenvalue weighted by atomic mass is 9.99. The zero-order chi connectivity index (χ0) is 17.5. The molecule has 1 aromatic rings. The Labute approximate surface area is 148 Å². The van der Waals surface area contributed by atoms with Crippen molar-refractivity contribution in [3.8, 4) is 0 Å². The van der Waals surface area contributed by atoms with Crippen LogP contribution in [0.3, 0.4) is 0 Å². The number of carbonyl (C=O) groups is 2. The second kappa shape index (κ2) is 8.97. The van der Waals surface area contributed by atoms with Gasteiger partial charge in [0.1, 0.15) is 6.61 Å². The highest BCUT2D eigenvalue weighted by Crippen LogP contribution is 2.22. The quantitative estimate of drug-likeness (QED) is 0.761. The predicted octanol–water partition coefficient (Wildman–Crippen LogP) is 1.23. The summed E-state index contributed by atoms with van der Waals surface area (Å²) >= 11 is 0. The summed E-state index contributed by atoms with van der Waals surface area (Å²) < 4.78 is 5.53. The Kier molecular flexibility index (Phi) is 6.42. The van der Waals surface area contributed by atoms with E-state index in [1.807, 2.05) is 30.3 Å². The second-order valence-corrected chi connectivity index (χ2v) is 6.73. The lowest BCUT2D eigenvalue weighted by Crippen LogP contribution is -2.52. The first kappa shape index (κ1) is 17.9. The molecule has 2 saturated heterocycles. The smallest absolute Gasteiger partial charge is 0.251 e. The average molecular weight is 345 g/mol. The molecule has 2 N–H and O–H groups in total. The predicted molar refractivity (Wildman–Crippen MR) is 95.0 cm³/mol. The fourth-order valence-corrected chi connectivity index (χ4v) is 3.50. The molecule has 2 aliphatic rings. The Balaban J connectivity index is 1.49. The van der Waals surface area contributed by atoms with Crippen molar-refractivity contribution in [2.24, 2.45) is 0 Å². The maximum Gasteiger partial charge on any atom is 0.251 e. The normalized spacial score (nSPS) is 24.6. The molecule has 0 saturated carbocycles. The molecule has 2 aliphatic heterocycles. The highest BCUT2D eigenvalue weighted by molar-refractivity contribution is 5.86. The fraction of sp³-hybridized carbons (Fsp3) is 0.579. The molecular formula is C19H27N3O3. The van der Waals surface area contributed by atoms with Gasteiger partial charge in [-0.15, -0.1) is 0 Å². The number of likely N-dealkylation sites (tertiary alicyclic amines) is 1. The molecule has 2 atom stereocenters. The summed E-state index contributed by atoms with van der Waals surface area (Å²) in [5.41, 5.74) is 0.879. The summed E-state index contributed by atoms with van der Waals surface area (Å²) in [6.45, 7) is 3.91. The van der Waals surface area contributed by atoms with Crippen LogP contribution in [0.4, 0.5) is 0 Å². The fourth-order valence-electron chi connectivity index (χ4n) is 3.50. The number of ether oxygens (including phenoxy) is 1. The van der Waals surface area contributed by atoms with Crippen LogP contribution in [-0.4, -0.2) is 55.6 Å². The van der Waals surface area contributed by atoms with Crippen molar-refractivity contribution in [2.75, 3.05) is 32.8 Å². The van der Waals surface area contributed by atoms with E-state index in [2.05, 4.69) is 15.5 Å². The molecule has 0 unspecified atom stereocenters. The first-order valence-electron chi connectivity index (χ1n) is 9.20. The number of nitrogens with zero attached hydrogens (tertiary/aromatic N) is 1. The van der Waals surface area contributed by atoms with Crippen LogP contribution in [0.2, 0.25) is 0 Å². The van der Waals surface area contributed by atoms with Gasteiger partial charge < -0.3 is 20.3 Å². The molecular weight excluding hydrogens is 318 g/mol. The molecule has 6 heteroatoms. The largest absolute Gasteiger partial charge is 0.356 e. The van der Waals surface area contributed by atoms with Crippen molar-refractivity contribution >= 4 is 11.8 Å². The van der Waals surface area contributed by atoms with Crippen molar-refractivity contribution in [1.82, 2.24) is 15.5 Å².